The predicted molar refractivity (Wildman–Crippen MR) is 187 cm³/mol. The zero-order valence-corrected chi connectivity index (χ0v) is 25.4. The number of aromatic nitrogens is 2. The van der Waals surface area contributed by atoms with Crippen LogP contribution < -0.4 is 16.2 Å². The molecule has 5 nitrogen and oxygen atoms in total. The molecule has 0 radical (unpaired) electrons. The smallest absolute Gasteiger partial charge is 0.205 e. The summed E-state index contributed by atoms with van der Waals surface area (Å²) in [6.45, 7) is 0. The molecule has 4 heterocycles. The molecule has 9 rings (SSSR count). The Bertz CT molecular complexity index is 2580. The molecule has 6 heteroatoms. The number of hydrogen-bond donors (Lipinski definition) is 0. The third kappa shape index (κ3) is 4.21. The average molecular weight is 613 g/mol. The highest BCUT2D eigenvalue weighted by atomic mass is 31.2. The van der Waals surface area contributed by atoms with Crippen molar-refractivity contribution in [3.05, 3.63) is 152 Å². The van der Waals surface area contributed by atoms with Crippen molar-refractivity contribution >= 4 is 67.2 Å². The van der Waals surface area contributed by atoms with Gasteiger partial charge in [0, 0.05) is 39.2 Å². The van der Waals surface area contributed by atoms with Crippen LogP contribution in [0.25, 0.3) is 66.1 Å². The second-order valence-electron chi connectivity index (χ2n) is 11.4. The van der Waals surface area contributed by atoms with Crippen LogP contribution in [0.5, 0.6) is 0 Å². The lowest BCUT2D eigenvalue weighted by Gasteiger charge is -2.18. The Labute approximate surface area is 264 Å². The van der Waals surface area contributed by atoms with Crippen LogP contribution in [0.4, 0.5) is 0 Å². The normalized spacial score (nSPS) is 12.0. The van der Waals surface area contributed by atoms with Crippen LogP contribution in [-0.2, 0) is 4.57 Å². The molecule has 0 aliphatic carbocycles. The molecule has 0 bridgehead atoms. The molecule has 9 aromatic rings. The van der Waals surface area contributed by atoms with E-state index in [1.54, 1.807) is 12.4 Å². The third-order valence-corrected chi connectivity index (χ3v) is 11.5. The number of fused-ring (bicyclic) bond motifs is 6. The molecule has 4 aromatic heterocycles. The lowest BCUT2D eigenvalue weighted by molar-refractivity contribution is 0.591. The van der Waals surface area contributed by atoms with E-state index in [0.717, 1.165) is 66.1 Å². The molecule has 0 unspecified atom stereocenters. The van der Waals surface area contributed by atoms with Crippen molar-refractivity contribution in [2.24, 2.45) is 0 Å². The molecule has 0 spiro atoms. The van der Waals surface area contributed by atoms with Crippen molar-refractivity contribution in [1.82, 2.24) is 9.97 Å². The minimum Gasteiger partial charge on any atom is -0.456 e. The van der Waals surface area contributed by atoms with E-state index in [-0.39, 0.29) is 0 Å². The Kier molecular flexibility index (Phi) is 6.02. The quantitative estimate of drug-likeness (QED) is 0.181. The van der Waals surface area contributed by atoms with Crippen molar-refractivity contribution in [3.8, 4) is 22.3 Å². The van der Waals surface area contributed by atoms with E-state index in [0.29, 0.717) is 16.2 Å². The van der Waals surface area contributed by atoms with Gasteiger partial charge in [0.05, 0.1) is 0 Å². The summed E-state index contributed by atoms with van der Waals surface area (Å²) in [7, 11) is -3.32. The highest BCUT2D eigenvalue weighted by molar-refractivity contribution is 7.84. The Morgan fingerprint density at radius 3 is 1.43 bits per heavy atom. The first-order valence-electron chi connectivity index (χ1n) is 15.1. The van der Waals surface area contributed by atoms with Gasteiger partial charge in [-0.2, -0.15) is 0 Å². The van der Waals surface area contributed by atoms with Crippen LogP contribution in [0.2, 0.25) is 0 Å². The van der Waals surface area contributed by atoms with Crippen molar-refractivity contribution in [1.29, 1.82) is 0 Å². The SMILES string of the molecule is O=P(c1cccc(-c2ccc3oc4ccc(-c5ccc6oc7ccccc7c6c5)cc4c3c2)c1)(c1ccccn1)c1ccccn1. The van der Waals surface area contributed by atoms with Gasteiger partial charge in [-0.05, 0) is 95.1 Å². The minimum absolute atomic E-state index is 0.510. The summed E-state index contributed by atoms with van der Waals surface area (Å²) in [6, 6.07) is 46.0. The highest BCUT2D eigenvalue weighted by Crippen LogP contribution is 2.42. The van der Waals surface area contributed by atoms with Gasteiger partial charge in [-0.25, -0.2) is 0 Å². The fraction of sp³-hybridized carbons (Fsp3) is 0. The summed E-state index contributed by atoms with van der Waals surface area (Å²) in [6.07, 6.45) is 3.35. The van der Waals surface area contributed by atoms with E-state index in [4.69, 9.17) is 8.83 Å². The van der Waals surface area contributed by atoms with Gasteiger partial charge in [0.1, 0.15) is 33.2 Å². The summed E-state index contributed by atoms with van der Waals surface area (Å²) >= 11 is 0. The molecule has 5 aromatic carbocycles. The van der Waals surface area contributed by atoms with Crippen LogP contribution >= 0.6 is 7.14 Å². The maximum Gasteiger partial charge on any atom is 0.205 e. The lowest BCUT2D eigenvalue weighted by atomic mass is 9.99. The van der Waals surface area contributed by atoms with Gasteiger partial charge in [-0.1, -0.05) is 66.7 Å². The second kappa shape index (κ2) is 10.4. The molecule has 0 aliphatic rings. The highest BCUT2D eigenvalue weighted by Gasteiger charge is 2.32. The predicted octanol–water partition coefficient (Wildman–Crippen LogP) is 9.25. The second-order valence-corrected chi connectivity index (χ2v) is 14.0. The Balaban J connectivity index is 1.16. The molecule has 0 saturated carbocycles. The van der Waals surface area contributed by atoms with Crippen molar-refractivity contribution in [3.63, 3.8) is 0 Å². The summed E-state index contributed by atoms with van der Waals surface area (Å²) in [5, 5.41) is 4.95. The number of para-hydroxylation sites is 1. The van der Waals surface area contributed by atoms with Crippen molar-refractivity contribution in [2.75, 3.05) is 0 Å². The molecule has 0 aliphatic heterocycles. The van der Waals surface area contributed by atoms with Crippen LogP contribution in [0.3, 0.4) is 0 Å². The molecular weight excluding hydrogens is 587 g/mol. The summed E-state index contributed by atoms with van der Waals surface area (Å²) in [4.78, 5) is 9.03. The van der Waals surface area contributed by atoms with Crippen LogP contribution in [0.15, 0.2) is 161 Å². The van der Waals surface area contributed by atoms with Crippen LogP contribution in [0, 0.1) is 0 Å². The zero-order chi connectivity index (χ0) is 30.7. The molecular formula is C40H25N2O3P. The van der Waals surface area contributed by atoms with Gasteiger partial charge in [-0.3, -0.25) is 9.97 Å². The first kappa shape index (κ1) is 26.6. The van der Waals surface area contributed by atoms with Crippen LogP contribution in [0.1, 0.15) is 0 Å². The number of nitrogens with zero attached hydrogens (tertiary/aromatic N) is 2. The average Bonchev–Trinajstić information content (AvgIpc) is 3.69. The van der Waals surface area contributed by atoms with E-state index in [2.05, 4.69) is 52.4 Å². The van der Waals surface area contributed by atoms with E-state index in [1.807, 2.05) is 97.1 Å². The summed E-state index contributed by atoms with van der Waals surface area (Å²) in [5.41, 5.74) is 8.59. The fourth-order valence-corrected chi connectivity index (χ4v) is 8.82. The molecule has 46 heavy (non-hydrogen) atoms. The number of rotatable bonds is 5. The van der Waals surface area contributed by atoms with E-state index in [1.165, 1.54) is 0 Å². The lowest BCUT2D eigenvalue weighted by Crippen LogP contribution is -2.28. The van der Waals surface area contributed by atoms with Crippen LogP contribution in [-0.4, -0.2) is 9.97 Å². The monoisotopic (exact) mass is 612 g/mol. The van der Waals surface area contributed by atoms with Gasteiger partial charge in [0.25, 0.3) is 0 Å². The first-order chi connectivity index (χ1) is 22.6. The number of hydrogen-bond acceptors (Lipinski definition) is 5. The largest absolute Gasteiger partial charge is 0.456 e. The number of furan rings is 2. The first-order valence-corrected chi connectivity index (χ1v) is 16.8. The Hall–Kier alpha value is -5.77. The van der Waals surface area contributed by atoms with E-state index < -0.39 is 7.14 Å². The topological polar surface area (TPSA) is 69.1 Å². The Morgan fingerprint density at radius 1 is 0.413 bits per heavy atom. The summed E-state index contributed by atoms with van der Waals surface area (Å²) in [5.74, 6) is 0. The minimum atomic E-state index is -3.32. The molecule has 0 saturated heterocycles. The Morgan fingerprint density at radius 2 is 0.891 bits per heavy atom. The molecule has 218 valence electrons. The summed E-state index contributed by atoms with van der Waals surface area (Å²) < 4.78 is 27.2. The zero-order valence-electron chi connectivity index (χ0n) is 24.5. The van der Waals surface area contributed by atoms with Crippen molar-refractivity contribution in [2.45, 2.75) is 0 Å². The standard InChI is InChI=1S/C40H25N2O3P/c43-46(39-12-3-5-20-41-39,40-13-4-6-21-42-40)30-9-7-8-26(22-30)27-14-18-37-33(24-27)34-25-29(16-19-38(34)45-37)28-15-17-36-32(23-28)31-10-1-2-11-35(31)44-36/h1-25H. The van der Waals surface area contributed by atoms with E-state index >= 15 is 0 Å². The number of benzene rings is 5. The third-order valence-electron chi connectivity index (χ3n) is 8.67. The molecule has 0 amide bonds. The van der Waals surface area contributed by atoms with Crippen molar-refractivity contribution < 1.29 is 13.4 Å². The van der Waals surface area contributed by atoms with Gasteiger partial charge in [-0.15, -0.1) is 0 Å². The molecule has 0 fully saturated rings. The number of pyridine rings is 2. The fourth-order valence-electron chi connectivity index (χ4n) is 6.39. The molecule has 0 N–H and O–H groups in total. The molecule has 0 atom stereocenters. The van der Waals surface area contributed by atoms with Gasteiger partial charge >= 0.3 is 0 Å². The van der Waals surface area contributed by atoms with E-state index in [9.17, 15) is 4.57 Å². The maximum absolute atomic E-state index is 14.9. The van der Waals surface area contributed by atoms with Gasteiger partial charge < -0.3 is 13.4 Å². The van der Waals surface area contributed by atoms with Gasteiger partial charge in [0.2, 0.25) is 7.14 Å². The maximum atomic E-state index is 14.9. The van der Waals surface area contributed by atoms with Gasteiger partial charge in [0.15, 0.2) is 0 Å².